The minimum absolute atomic E-state index is 0.154. The highest BCUT2D eigenvalue weighted by Gasteiger charge is 2.43. The second-order valence-corrected chi connectivity index (χ2v) is 6.49. The highest BCUT2D eigenvalue weighted by Crippen LogP contribution is 2.63. The fourth-order valence-electron chi connectivity index (χ4n) is 2.11. The van der Waals surface area contributed by atoms with E-state index in [4.69, 9.17) is 13.8 Å². The van der Waals surface area contributed by atoms with Crippen molar-refractivity contribution in [2.45, 2.75) is 19.5 Å². The standard InChI is InChI=1S/C15H19N2O4P/c1-4-20-22(18,21-5-2)15(13(10-16)11-17)12-7-6-8-14(9-12)19-3/h6-9,13,15H,4-5H2,1-3H3. The van der Waals surface area contributed by atoms with Gasteiger partial charge in [0.05, 0.1) is 32.5 Å². The van der Waals surface area contributed by atoms with Crippen molar-refractivity contribution in [3.05, 3.63) is 29.8 Å². The van der Waals surface area contributed by atoms with Crippen LogP contribution in [0.5, 0.6) is 5.75 Å². The van der Waals surface area contributed by atoms with Crippen LogP contribution in [0.4, 0.5) is 0 Å². The molecule has 7 heteroatoms. The van der Waals surface area contributed by atoms with Gasteiger partial charge in [0.25, 0.3) is 0 Å². The van der Waals surface area contributed by atoms with Gasteiger partial charge in [-0.3, -0.25) is 4.57 Å². The number of nitrogens with zero attached hydrogens (tertiary/aromatic N) is 2. The molecular formula is C15H19N2O4P. The molecule has 0 spiro atoms. The third-order valence-corrected chi connectivity index (χ3v) is 5.50. The summed E-state index contributed by atoms with van der Waals surface area (Å²) in [4.78, 5) is 0. The van der Waals surface area contributed by atoms with Crippen molar-refractivity contribution in [1.29, 1.82) is 10.5 Å². The van der Waals surface area contributed by atoms with Gasteiger partial charge >= 0.3 is 7.60 Å². The largest absolute Gasteiger partial charge is 0.497 e. The summed E-state index contributed by atoms with van der Waals surface area (Å²) in [6, 6.07) is 10.5. The zero-order valence-electron chi connectivity index (χ0n) is 12.9. The molecule has 0 saturated heterocycles. The van der Waals surface area contributed by atoms with E-state index in [1.54, 1.807) is 38.1 Å². The van der Waals surface area contributed by atoms with Gasteiger partial charge in [-0.1, -0.05) is 12.1 Å². The number of nitriles is 2. The first kappa shape index (κ1) is 18.2. The lowest BCUT2D eigenvalue weighted by molar-refractivity contribution is 0.209. The quantitative estimate of drug-likeness (QED) is 0.678. The highest BCUT2D eigenvalue weighted by atomic mass is 31.2. The van der Waals surface area contributed by atoms with E-state index in [0.29, 0.717) is 11.3 Å². The Morgan fingerprint density at radius 2 is 1.77 bits per heavy atom. The Morgan fingerprint density at radius 3 is 2.23 bits per heavy atom. The maximum atomic E-state index is 13.1. The van der Waals surface area contributed by atoms with Crippen molar-refractivity contribution in [2.24, 2.45) is 5.92 Å². The Labute approximate surface area is 130 Å². The van der Waals surface area contributed by atoms with E-state index >= 15 is 0 Å². The van der Waals surface area contributed by atoms with Crippen molar-refractivity contribution in [2.75, 3.05) is 20.3 Å². The van der Waals surface area contributed by atoms with Gasteiger partial charge in [-0.15, -0.1) is 0 Å². The molecule has 1 unspecified atom stereocenters. The van der Waals surface area contributed by atoms with E-state index < -0.39 is 19.2 Å². The third-order valence-electron chi connectivity index (χ3n) is 2.99. The van der Waals surface area contributed by atoms with E-state index in [2.05, 4.69) is 0 Å². The number of benzene rings is 1. The second-order valence-electron chi connectivity index (χ2n) is 4.33. The van der Waals surface area contributed by atoms with E-state index in [1.165, 1.54) is 7.11 Å². The molecule has 1 atom stereocenters. The molecular weight excluding hydrogens is 303 g/mol. The molecule has 0 aliphatic rings. The van der Waals surface area contributed by atoms with Crippen molar-refractivity contribution < 1.29 is 18.3 Å². The molecule has 1 aromatic rings. The molecule has 0 aromatic heterocycles. The predicted molar refractivity (Wildman–Crippen MR) is 81.3 cm³/mol. The van der Waals surface area contributed by atoms with Crippen LogP contribution in [0.15, 0.2) is 24.3 Å². The van der Waals surface area contributed by atoms with Crippen LogP contribution in [0.1, 0.15) is 25.1 Å². The van der Waals surface area contributed by atoms with Crippen molar-refractivity contribution in [3.63, 3.8) is 0 Å². The molecule has 0 aliphatic heterocycles. The van der Waals surface area contributed by atoms with Crippen molar-refractivity contribution >= 4 is 7.60 Å². The molecule has 6 nitrogen and oxygen atoms in total. The van der Waals surface area contributed by atoms with Gasteiger partial charge in [-0.25, -0.2) is 0 Å². The number of hydrogen-bond donors (Lipinski definition) is 0. The van der Waals surface area contributed by atoms with E-state index in [9.17, 15) is 15.1 Å². The zero-order chi connectivity index (χ0) is 16.6. The van der Waals surface area contributed by atoms with Gasteiger partial charge in [0, 0.05) is 0 Å². The molecule has 0 fully saturated rings. The molecule has 0 aliphatic carbocycles. The Kier molecular flexibility index (Phi) is 7.08. The summed E-state index contributed by atoms with van der Waals surface area (Å²) >= 11 is 0. The van der Waals surface area contributed by atoms with Crippen LogP contribution in [-0.4, -0.2) is 20.3 Å². The normalized spacial score (nSPS) is 12.5. The van der Waals surface area contributed by atoms with Gasteiger partial charge in [0.2, 0.25) is 0 Å². The van der Waals surface area contributed by atoms with Gasteiger partial charge < -0.3 is 13.8 Å². The minimum atomic E-state index is -3.67. The van der Waals surface area contributed by atoms with Gasteiger partial charge in [0.15, 0.2) is 5.92 Å². The van der Waals surface area contributed by atoms with E-state index in [-0.39, 0.29) is 13.2 Å². The number of ether oxygens (including phenoxy) is 1. The molecule has 0 amide bonds. The first-order valence-electron chi connectivity index (χ1n) is 6.88. The predicted octanol–water partition coefficient (Wildman–Crippen LogP) is 3.67. The van der Waals surface area contributed by atoms with E-state index in [0.717, 1.165) is 0 Å². The molecule has 0 N–H and O–H groups in total. The molecule has 0 radical (unpaired) electrons. The number of rotatable bonds is 8. The van der Waals surface area contributed by atoms with Crippen LogP contribution in [0.3, 0.4) is 0 Å². The Bertz CT molecular complexity index is 597. The fourth-order valence-corrected chi connectivity index (χ4v) is 4.25. The van der Waals surface area contributed by atoms with Crippen LogP contribution in [-0.2, 0) is 13.6 Å². The maximum absolute atomic E-state index is 13.1. The molecule has 0 heterocycles. The van der Waals surface area contributed by atoms with E-state index in [1.807, 2.05) is 12.1 Å². The third kappa shape index (κ3) is 4.08. The van der Waals surface area contributed by atoms with Crippen LogP contribution >= 0.6 is 7.60 Å². The Balaban J connectivity index is 3.43. The van der Waals surface area contributed by atoms with Gasteiger partial charge in [-0.05, 0) is 31.5 Å². The SMILES string of the molecule is CCOP(=O)(OCC)C(c1cccc(OC)c1)C(C#N)C#N. The van der Waals surface area contributed by atoms with Gasteiger partial charge in [-0.2, -0.15) is 10.5 Å². The van der Waals surface area contributed by atoms with Crippen molar-refractivity contribution in [3.8, 4) is 17.9 Å². The highest BCUT2D eigenvalue weighted by molar-refractivity contribution is 7.54. The van der Waals surface area contributed by atoms with Crippen LogP contribution in [0.2, 0.25) is 0 Å². The number of methoxy groups -OCH3 is 1. The molecule has 0 saturated carbocycles. The Morgan fingerprint density at radius 1 is 1.18 bits per heavy atom. The second kappa shape index (κ2) is 8.56. The average Bonchev–Trinajstić information content (AvgIpc) is 2.52. The Hall–Kier alpha value is -1.85. The summed E-state index contributed by atoms with van der Waals surface area (Å²) in [5, 5.41) is 18.5. The fraction of sp³-hybridized carbons (Fsp3) is 0.467. The topological polar surface area (TPSA) is 92.3 Å². The average molecular weight is 322 g/mol. The molecule has 22 heavy (non-hydrogen) atoms. The monoisotopic (exact) mass is 322 g/mol. The minimum Gasteiger partial charge on any atom is -0.497 e. The lowest BCUT2D eigenvalue weighted by atomic mass is 10.0. The molecule has 118 valence electrons. The molecule has 0 bridgehead atoms. The molecule has 1 rings (SSSR count). The van der Waals surface area contributed by atoms with Crippen LogP contribution in [0.25, 0.3) is 0 Å². The first-order valence-corrected chi connectivity index (χ1v) is 8.49. The first-order chi connectivity index (χ1) is 10.6. The lowest BCUT2D eigenvalue weighted by Gasteiger charge is -2.27. The molecule has 1 aromatic carbocycles. The van der Waals surface area contributed by atoms with Crippen LogP contribution in [0, 0.1) is 28.6 Å². The summed E-state index contributed by atoms with van der Waals surface area (Å²) in [6.07, 6.45) is 0. The summed E-state index contributed by atoms with van der Waals surface area (Å²) in [6.45, 7) is 3.67. The number of hydrogen-bond acceptors (Lipinski definition) is 6. The summed E-state index contributed by atoms with van der Waals surface area (Å²) in [5.41, 5.74) is -0.477. The van der Waals surface area contributed by atoms with Crippen molar-refractivity contribution in [1.82, 2.24) is 0 Å². The van der Waals surface area contributed by atoms with Crippen LogP contribution < -0.4 is 4.74 Å². The smallest absolute Gasteiger partial charge is 0.340 e. The summed E-state index contributed by atoms with van der Waals surface area (Å²) < 4.78 is 28.9. The summed E-state index contributed by atoms with van der Waals surface area (Å²) in [5.74, 6) is -0.618. The van der Waals surface area contributed by atoms with Gasteiger partial charge in [0.1, 0.15) is 11.4 Å². The zero-order valence-corrected chi connectivity index (χ0v) is 13.7. The summed E-state index contributed by atoms with van der Waals surface area (Å²) in [7, 11) is -2.17. The lowest BCUT2D eigenvalue weighted by Crippen LogP contribution is -2.14. The maximum Gasteiger partial charge on any atom is 0.340 e.